The number of hydrogen-bond acceptors (Lipinski definition) is 5. The van der Waals surface area contributed by atoms with Gasteiger partial charge in [0.15, 0.2) is 0 Å². The van der Waals surface area contributed by atoms with E-state index in [0.29, 0.717) is 0 Å². The number of nitrogens with one attached hydrogen (secondary N) is 1. The molecule has 0 aliphatic carbocycles. The standard InChI is InChI=1S/C13H16BrN3S2/c1-9-7-19-13(16-9)6-11(17-15)8-18-12-4-2-3-10(14)5-12/h2-5,7,11,17H,6,8,15H2,1H3. The minimum atomic E-state index is 0.231. The van der Waals surface area contributed by atoms with Gasteiger partial charge in [0.1, 0.15) is 0 Å². The Hall–Kier alpha value is -0.400. The van der Waals surface area contributed by atoms with Gasteiger partial charge in [-0.15, -0.1) is 23.1 Å². The predicted molar refractivity (Wildman–Crippen MR) is 86.5 cm³/mol. The first-order valence-electron chi connectivity index (χ1n) is 5.93. The van der Waals surface area contributed by atoms with Gasteiger partial charge in [0.25, 0.3) is 0 Å². The van der Waals surface area contributed by atoms with E-state index in [0.717, 1.165) is 27.3 Å². The molecular weight excluding hydrogens is 342 g/mol. The first-order valence-corrected chi connectivity index (χ1v) is 8.58. The Balaban J connectivity index is 1.89. The molecule has 0 aliphatic heterocycles. The van der Waals surface area contributed by atoms with Crippen molar-refractivity contribution in [2.24, 2.45) is 5.84 Å². The van der Waals surface area contributed by atoms with E-state index in [1.54, 1.807) is 23.1 Å². The summed E-state index contributed by atoms with van der Waals surface area (Å²) in [6.45, 7) is 2.02. The normalized spacial score (nSPS) is 12.6. The molecule has 3 N–H and O–H groups in total. The first-order chi connectivity index (χ1) is 9.17. The van der Waals surface area contributed by atoms with E-state index in [1.165, 1.54) is 4.90 Å². The second-order valence-electron chi connectivity index (χ2n) is 4.22. The molecule has 0 radical (unpaired) electrons. The molecule has 0 spiro atoms. The fourth-order valence-corrected chi connectivity index (χ4v) is 4.02. The van der Waals surface area contributed by atoms with Crippen LogP contribution in [0.2, 0.25) is 0 Å². The van der Waals surface area contributed by atoms with Crippen LogP contribution in [0, 0.1) is 6.92 Å². The molecule has 1 aromatic carbocycles. The van der Waals surface area contributed by atoms with Crippen molar-refractivity contribution in [3.8, 4) is 0 Å². The van der Waals surface area contributed by atoms with E-state index >= 15 is 0 Å². The van der Waals surface area contributed by atoms with Crippen molar-refractivity contribution in [3.63, 3.8) is 0 Å². The lowest BCUT2D eigenvalue weighted by Crippen LogP contribution is -2.38. The predicted octanol–water partition coefficient (Wildman–Crippen LogP) is 3.38. The van der Waals surface area contributed by atoms with Gasteiger partial charge in [-0.05, 0) is 25.1 Å². The maximum Gasteiger partial charge on any atom is 0.0944 e. The van der Waals surface area contributed by atoms with Gasteiger partial charge in [0, 0.05) is 38.7 Å². The summed E-state index contributed by atoms with van der Waals surface area (Å²) in [4.78, 5) is 5.71. The zero-order valence-corrected chi connectivity index (χ0v) is 13.8. The molecule has 1 atom stereocenters. The molecule has 0 aliphatic rings. The summed E-state index contributed by atoms with van der Waals surface area (Å²) >= 11 is 6.97. The van der Waals surface area contributed by atoms with Crippen molar-refractivity contribution >= 4 is 39.0 Å². The van der Waals surface area contributed by atoms with Crippen LogP contribution in [0.4, 0.5) is 0 Å². The number of rotatable bonds is 6. The minimum Gasteiger partial charge on any atom is -0.271 e. The van der Waals surface area contributed by atoms with Gasteiger partial charge < -0.3 is 0 Å². The van der Waals surface area contributed by atoms with Crippen molar-refractivity contribution in [1.82, 2.24) is 10.4 Å². The number of thioether (sulfide) groups is 1. The first kappa shape index (κ1) is 15.0. The van der Waals surface area contributed by atoms with Crippen LogP contribution in [-0.2, 0) is 6.42 Å². The van der Waals surface area contributed by atoms with Gasteiger partial charge >= 0.3 is 0 Å². The lowest BCUT2D eigenvalue weighted by molar-refractivity contribution is 0.574. The Morgan fingerprint density at radius 3 is 3.00 bits per heavy atom. The van der Waals surface area contributed by atoms with Crippen molar-refractivity contribution in [2.75, 3.05) is 5.75 Å². The summed E-state index contributed by atoms with van der Waals surface area (Å²) in [6.07, 6.45) is 0.871. The Morgan fingerprint density at radius 2 is 2.37 bits per heavy atom. The maximum absolute atomic E-state index is 5.63. The van der Waals surface area contributed by atoms with Crippen LogP contribution < -0.4 is 11.3 Å². The number of thiazole rings is 1. The fourth-order valence-electron chi connectivity index (χ4n) is 1.63. The molecule has 1 unspecified atom stereocenters. The van der Waals surface area contributed by atoms with Crippen molar-refractivity contribution in [3.05, 3.63) is 44.8 Å². The molecule has 6 heteroatoms. The third-order valence-electron chi connectivity index (χ3n) is 2.57. The van der Waals surface area contributed by atoms with Crippen LogP contribution in [0.1, 0.15) is 10.7 Å². The highest BCUT2D eigenvalue weighted by molar-refractivity contribution is 9.10. The Morgan fingerprint density at radius 1 is 1.53 bits per heavy atom. The number of hydrogen-bond donors (Lipinski definition) is 2. The van der Waals surface area contributed by atoms with E-state index in [2.05, 4.69) is 43.9 Å². The topological polar surface area (TPSA) is 50.9 Å². The van der Waals surface area contributed by atoms with Crippen molar-refractivity contribution < 1.29 is 0 Å². The van der Waals surface area contributed by atoms with Crippen molar-refractivity contribution in [2.45, 2.75) is 24.3 Å². The van der Waals surface area contributed by atoms with E-state index in [-0.39, 0.29) is 6.04 Å². The quantitative estimate of drug-likeness (QED) is 0.472. The molecule has 0 bridgehead atoms. The average Bonchev–Trinajstić information content (AvgIpc) is 2.80. The molecular formula is C13H16BrN3S2. The Bertz CT molecular complexity index is 530. The second-order valence-corrected chi connectivity index (χ2v) is 7.17. The van der Waals surface area contributed by atoms with Crippen LogP contribution >= 0.6 is 39.0 Å². The number of nitrogens with two attached hydrogens (primary N) is 1. The van der Waals surface area contributed by atoms with Gasteiger partial charge in [0.05, 0.1) is 5.01 Å². The lowest BCUT2D eigenvalue weighted by Gasteiger charge is -2.14. The number of aryl methyl sites for hydroxylation is 1. The third-order valence-corrected chi connectivity index (χ3v) is 5.21. The molecule has 0 saturated heterocycles. The van der Waals surface area contributed by atoms with Crippen molar-refractivity contribution in [1.29, 1.82) is 0 Å². The monoisotopic (exact) mass is 357 g/mol. The molecule has 1 aromatic heterocycles. The van der Waals surface area contributed by atoms with Crippen LogP contribution in [-0.4, -0.2) is 16.8 Å². The average molecular weight is 358 g/mol. The molecule has 102 valence electrons. The highest BCUT2D eigenvalue weighted by Gasteiger charge is 2.11. The van der Waals surface area contributed by atoms with Gasteiger partial charge in [-0.3, -0.25) is 11.3 Å². The SMILES string of the molecule is Cc1csc(CC(CSc2cccc(Br)c2)NN)n1. The van der Waals surface area contributed by atoms with Gasteiger partial charge in [-0.1, -0.05) is 22.0 Å². The summed E-state index contributed by atoms with van der Waals surface area (Å²) in [5, 5.41) is 3.21. The van der Waals surface area contributed by atoms with Crippen LogP contribution in [0.15, 0.2) is 39.0 Å². The summed E-state index contributed by atoms with van der Waals surface area (Å²) < 4.78 is 1.10. The summed E-state index contributed by atoms with van der Waals surface area (Å²) in [5.74, 6) is 6.55. The number of hydrazine groups is 1. The molecule has 1 heterocycles. The Labute approximate surface area is 130 Å². The van der Waals surface area contributed by atoms with E-state index in [9.17, 15) is 0 Å². The molecule has 19 heavy (non-hydrogen) atoms. The summed E-state index contributed by atoms with van der Waals surface area (Å²) in [6, 6.07) is 8.53. The highest BCUT2D eigenvalue weighted by atomic mass is 79.9. The molecule has 0 saturated carbocycles. The smallest absolute Gasteiger partial charge is 0.0944 e. The van der Waals surface area contributed by atoms with Crippen LogP contribution in [0.3, 0.4) is 0 Å². The number of benzene rings is 1. The fraction of sp³-hybridized carbons (Fsp3) is 0.308. The molecule has 0 amide bonds. The van der Waals surface area contributed by atoms with Crippen LogP contribution in [0.5, 0.6) is 0 Å². The highest BCUT2D eigenvalue weighted by Crippen LogP contribution is 2.23. The minimum absolute atomic E-state index is 0.231. The lowest BCUT2D eigenvalue weighted by atomic mass is 10.2. The van der Waals surface area contributed by atoms with Gasteiger partial charge in [-0.2, -0.15) is 0 Å². The summed E-state index contributed by atoms with van der Waals surface area (Å²) in [7, 11) is 0. The molecule has 0 fully saturated rings. The zero-order valence-electron chi connectivity index (χ0n) is 10.6. The number of aromatic nitrogens is 1. The largest absolute Gasteiger partial charge is 0.271 e. The van der Waals surface area contributed by atoms with E-state index in [4.69, 9.17) is 5.84 Å². The Kier molecular flexibility index (Phi) is 5.84. The van der Waals surface area contributed by atoms with Crippen LogP contribution in [0.25, 0.3) is 0 Å². The van der Waals surface area contributed by atoms with E-state index in [1.807, 2.05) is 19.1 Å². The zero-order chi connectivity index (χ0) is 13.7. The molecule has 3 nitrogen and oxygen atoms in total. The molecule has 2 rings (SSSR count). The second kappa shape index (κ2) is 7.40. The van der Waals surface area contributed by atoms with Gasteiger partial charge in [0.2, 0.25) is 0 Å². The summed E-state index contributed by atoms with van der Waals surface area (Å²) in [5.41, 5.74) is 3.96. The molecule has 2 aromatic rings. The van der Waals surface area contributed by atoms with E-state index < -0.39 is 0 Å². The number of halogens is 1. The number of nitrogens with zero attached hydrogens (tertiary/aromatic N) is 1. The maximum atomic E-state index is 5.63. The third kappa shape index (κ3) is 4.89. The van der Waals surface area contributed by atoms with Gasteiger partial charge in [-0.25, -0.2) is 4.98 Å².